The monoisotopic (exact) mass is 306 g/mol. The van der Waals surface area contributed by atoms with Crippen molar-refractivity contribution in [3.05, 3.63) is 34.4 Å². The van der Waals surface area contributed by atoms with E-state index in [9.17, 15) is 19.7 Å². The lowest BCUT2D eigenvalue weighted by Gasteiger charge is -2.20. The summed E-state index contributed by atoms with van der Waals surface area (Å²) in [6, 6.07) is 5.49. The first-order valence-corrected chi connectivity index (χ1v) is 7.16. The Balaban J connectivity index is 2.10. The molecule has 0 aromatic heterocycles. The molecule has 1 saturated carbocycles. The number of esters is 1. The molecule has 2 rings (SSSR count). The zero-order valence-corrected chi connectivity index (χ0v) is 12.3. The molecule has 7 heteroatoms. The first kappa shape index (κ1) is 15.9. The molecule has 1 amide bonds. The Bertz CT molecular complexity index is 564. The number of carbonyl (C=O) groups excluding carboxylic acids is 2. The van der Waals surface area contributed by atoms with Crippen LogP contribution in [0.25, 0.3) is 0 Å². The topological polar surface area (TPSA) is 98.5 Å². The molecule has 1 aliphatic rings. The molecular formula is C15H18N2O5. The third-order valence-electron chi connectivity index (χ3n) is 3.95. The van der Waals surface area contributed by atoms with Gasteiger partial charge in [0.1, 0.15) is 5.92 Å². The van der Waals surface area contributed by atoms with Gasteiger partial charge in [-0.25, -0.2) is 0 Å². The number of amides is 1. The molecule has 0 spiro atoms. The number of nitro groups is 1. The summed E-state index contributed by atoms with van der Waals surface area (Å²) in [5, 5.41) is 13.2. The van der Waals surface area contributed by atoms with E-state index >= 15 is 0 Å². The summed E-state index contributed by atoms with van der Waals surface area (Å²) in [5.74, 6) is -1.80. The van der Waals surface area contributed by atoms with Crippen LogP contribution in [0.1, 0.15) is 25.7 Å². The van der Waals surface area contributed by atoms with Gasteiger partial charge in [-0.1, -0.05) is 12.8 Å². The third kappa shape index (κ3) is 3.60. The van der Waals surface area contributed by atoms with E-state index in [-0.39, 0.29) is 11.6 Å². The second kappa shape index (κ2) is 7.02. The number of nitrogens with zero attached hydrogens (tertiary/aromatic N) is 1. The highest BCUT2D eigenvalue weighted by molar-refractivity contribution is 6.05. The second-order valence-electron chi connectivity index (χ2n) is 5.34. The number of nitrogens with one attached hydrogen (secondary N) is 1. The van der Waals surface area contributed by atoms with Crippen LogP contribution < -0.4 is 5.32 Å². The predicted molar refractivity (Wildman–Crippen MR) is 79.2 cm³/mol. The summed E-state index contributed by atoms with van der Waals surface area (Å²) in [7, 11) is 1.27. The smallest absolute Gasteiger partial charge is 0.318 e. The van der Waals surface area contributed by atoms with Crippen molar-refractivity contribution in [1.29, 1.82) is 0 Å². The minimum absolute atomic E-state index is 0.00880. The SMILES string of the molecule is COC(=O)[C@@H](C(=O)Nc1ccc([N+](=O)[O-])cc1)C1CCCC1. The van der Waals surface area contributed by atoms with Gasteiger partial charge in [-0.05, 0) is 30.9 Å². The van der Waals surface area contributed by atoms with Gasteiger partial charge in [0.25, 0.3) is 5.69 Å². The Morgan fingerprint density at radius 3 is 2.36 bits per heavy atom. The molecule has 0 unspecified atom stereocenters. The van der Waals surface area contributed by atoms with Crippen molar-refractivity contribution in [3.8, 4) is 0 Å². The summed E-state index contributed by atoms with van der Waals surface area (Å²) >= 11 is 0. The Morgan fingerprint density at radius 2 is 1.86 bits per heavy atom. The number of nitro benzene ring substituents is 1. The van der Waals surface area contributed by atoms with Gasteiger partial charge in [-0.2, -0.15) is 0 Å². The molecule has 22 heavy (non-hydrogen) atoms. The van der Waals surface area contributed by atoms with Crippen molar-refractivity contribution in [2.24, 2.45) is 11.8 Å². The number of hydrogen-bond acceptors (Lipinski definition) is 5. The lowest BCUT2D eigenvalue weighted by atomic mass is 9.90. The molecule has 0 radical (unpaired) electrons. The van der Waals surface area contributed by atoms with Crippen LogP contribution in [-0.2, 0) is 14.3 Å². The molecule has 0 saturated heterocycles. The normalized spacial score (nSPS) is 16.0. The maximum atomic E-state index is 12.4. The Hall–Kier alpha value is -2.44. The number of non-ortho nitro benzene ring substituents is 1. The number of rotatable bonds is 5. The zero-order chi connectivity index (χ0) is 16.1. The first-order valence-electron chi connectivity index (χ1n) is 7.16. The molecule has 7 nitrogen and oxygen atoms in total. The van der Waals surface area contributed by atoms with Crippen LogP contribution in [0, 0.1) is 22.0 Å². The molecule has 0 heterocycles. The predicted octanol–water partition coefficient (Wildman–Crippen LogP) is 2.51. The van der Waals surface area contributed by atoms with Gasteiger partial charge in [-0.3, -0.25) is 19.7 Å². The average molecular weight is 306 g/mol. The lowest BCUT2D eigenvalue weighted by molar-refractivity contribution is -0.384. The average Bonchev–Trinajstić information content (AvgIpc) is 3.01. The van der Waals surface area contributed by atoms with Gasteiger partial charge in [0.2, 0.25) is 5.91 Å². The molecular weight excluding hydrogens is 288 g/mol. The van der Waals surface area contributed by atoms with E-state index in [1.165, 1.54) is 31.4 Å². The molecule has 1 atom stereocenters. The highest BCUT2D eigenvalue weighted by Gasteiger charge is 2.37. The van der Waals surface area contributed by atoms with E-state index < -0.39 is 22.7 Å². The fraction of sp³-hybridized carbons (Fsp3) is 0.467. The third-order valence-corrected chi connectivity index (χ3v) is 3.95. The van der Waals surface area contributed by atoms with Crippen molar-refractivity contribution in [2.45, 2.75) is 25.7 Å². The minimum atomic E-state index is -0.831. The van der Waals surface area contributed by atoms with Crippen molar-refractivity contribution >= 4 is 23.3 Å². The van der Waals surface area contributed by atoms with E-state index in [2.05, 4.69) is 5.32 Å². The van der Waals surface area contributed by atoms with E-state index in [1.54, 1.807) is 0 Å². The van der Waals surface area contributed by atoms with Gasteiger partial charge in [-0.15, -0.1) is 0 Å². The van der Waals surface area contributed by atoms with Gasteiger partial charge in [0.15, 0.2) is 0 Å². The molecule has 1 aromatic carbocycles. The highest BCUT2D eigenvalue weighted by atomic mass is 16.6. The zero-order valence-electron chi connectivity index (χ0n) is 12.3. The van der Waals surface area contributed by atoms with Crippen molar-refractivity contribution in [3.63, 3.8) is 0 Å². The van der Waals surface area contributed by atoms with Crippen molar-refractivity contribution in [2.75, 3.05) is 12.4 Å². The number of benzene rings is 1. The maximum Gasteiger partial charge on any atom is 0.318 e. The Labute approximate surface area is 127 Å². The van der Waals surface area contributed by atoms with E-state index in [0.29, 0.717) is 5.69 Å². The summed E-state index contributed by atoms with van der Waals surface area (Å²) < 4.78 is 4.75. The highest BCUT2D eigenvalue weighted by Crippen LogP contribution is 2.33. The van der Waals surface area contributed by atoms with Gasteiger partial charge >= 0.3 is 5.97 Å². The summed E-state index contributed by atoms with van der Waals surface area (Å²) in [6.07, 6.45) is 3.66. The van der Waals surface area contributed by atoms with Crippen LogP contribution in [0.5, 0.6) is 0 Å². The number of anilines is 1. The Kier molecular flexibility index (Phi) is 5.08. The Morgan fingerprint density at radius 1 is 1.27 bits per heavy atom. The van der Waals surface area contributed by atoms with Crippen LogP contribution in [0.2, 0.25) is 0 Å². The van der Waals surface area contributed by atoms with E-state index in [0.717, 1.165) is 25.7 Å². The molecule has 1 aliphatic carbocycles. The fourth-order valence-electron chi connectivity index (χ4n) is 2.82. The maximum absolute atomic E-state index is 12.4. The van der Waals surface area contributed by atoms with Crippen LogP contribution in [0.4, 0.5) is 11.4 Å². The molecule has 0 bridgehead atoms. The first-order chi connectivity index (χ1) is 10.5. The van der Waals surface area contributed by atoms with Crippen LogP contribution in [0.3, 0.4) is 0 Å². The van der Waals surface area contributed by atoms with Crippen molar-refractivity contribution in [1.82, 2.24) is 0 Å². The van der Waals surface area contributed by atoms with Gasteiger partial charge < -0.3 is 10.1 Å². The van der Waals surface area contributed by atoms with E-state index in [1.807, 2.05) is 0 Å². The standard InChI is InChI=1S/C15H18N2O5/c1-22-15(19)13(10-4-2-3-5-10)14(18)16-11-6-8-12(9-7-11)17(20)21/h6-10,13H,2-5H2,1H3,(H,16,18)/t13-/m1/s1. The summed E-state index contributed by atoms with van der Waals surface area (Å²) in [5.41, 5.74) is 0.362. The van der Waals surface area contributed by atoms with Gasteiger partial charge in [0.05, 0.1) is 12.0 Å². The number of ether oxygens (including phenoxy) is 1. The number of carbonyl (C=O) groups is 2. The van der Waals surface area contributed by atoms with Crippen LogP contribution in [0.15, 0.2) is 24.3 Å². The fourth-order valence-corrected chi connectivity index (χ4v) is 2.82. The van der Waals surface area contributed by atoms with E-state index in [4.69, 9.17) is 4.74 Å². The quantitative estimate of drug-likeness (QED) is 0.390. The number of methoxy groups -OCH3 is 1. The number of hydrogen-bond donors (Lipinski definition) is 1. The molecule has 0 aliphatic heterocycles. The molecule has 1 N–H and O–H groups in total. The summed E-state index contributed by atoms with van der Waals surface area (Å²) in [6.45, 7) is 0. The lowest BCUT2D eigenvalue weighted by Crippen LogP contribution is -2.35. The van der Waals surface area contributed by atoms with Gasteiger partial charge in [0, 0.05) is 17.8 Å². The minimum Gasteiger partial charge on any atom is -0.468 e. The van der Waals surface area contributed by atoms with Crippen LogP contribution >= 0.6 is 0 Å². The van der Waals surface area contributed by atoms with Crippen LogP contribution in [-0.4, -0.2) is 23.9 Å². The van der Waals surface area contributed by atoms with Crippen molar-refractivity contribution < 1.29 is 19.2 Å². The molecule has 118 valence electrons. The largest absolute Gasteiger partial charge is 0.468 e. The molecule has 1 fully saturated rings. The second-order valence-corrected chi connectivity index (χ2v) is 5.34. The summed E-state index contributed by atoms with van der Waals surface area (Å²) in [4.78, 5) is 34.4. The molecule has 1 aromatic rings.